The molecule has 2 fully saturated rings. The zero-order valence-corrected chi connectivity index (χ0v) is 10.3. The van der Waals surface area contributed by atoms with Crippen molar-refractivity contribution in [2.24, 2.45) is 0 Å². The van der Waals surface area contributed by atoms with Crippen molar-refractivity contribution in [3.05, 3.63) is 0 Å². The number of hydroxylamine groups is 1. The van der Waals surface area contributed by atoms with Crippen molar-refractivity contribution in [2.75, 3.05) is 6.54 Å². The van der Waals surface area contributed by atoms with Crippen molar-refractivity contribution in [1.82, 2.24) is 10.4 Å². The highest BCUT2D eigenvalue weighted by Gasteiger charge is 2.28. The molecule has 100 valence electrons. The molecule has 6 heteroatoms. The Bertz CT molecular complexity index is 334. The third kappa shape index (κ3) is 3.29. The van der Waals surface area contributed by atoms with Gasteiger partial charge in [0.2, 0.25) is 17.7 Å². The summed E-state index contributed by atoms with van der Waals surface area (Å²) < 4.78 is 0. The second-order valence-corrected chi connectivity index (χ2v) is 4.74. The summed E-state index contributed by atoms with van der Waals surface area (Å²) in [5.74, 6) is -0.663. The number of nitrogens with one attached hydrogen (secondary N) is 1. The molecular formula is C12H18N2O4. The van der Waals surface area contributed by atoms with Crippen molar-refractivity contribution < 1.29 is 19.2 Å². The van der Waals surface area contributed by atoms with Gasteiger partial charge >= 0.3 is 0 Å². The zero-order valence-electron chi connectivity index (χ0n) is 10.3. The summed E-state index contributed by atoms with van der Waals surface area (Å²) in [6, 6.07) is 0. The molecule has 18 heavy (non-hydrogen) atoms. The minimum absolute atomic E-state index is 0.101. The highest BCUT2D eigenvalue weighted by molar-refractivity contribution is 6.02. The maximum absolute atomic E-state index is 11.5. The van der Waals surface area contributed by atoms with E-state index in [-0.39, 0.29) is 49.6 Å². The van der Waals surface area contributed by atoms with E-state index in [4.69, 9.17) is 4.84 Å². The minimum Gasteiger partial charge on any atom is -0.282 e. The summed E-state index contributed by atoms with van der Waals surface area (Å²) in [6.07, 6.45) is 4.97. The summed E-state index contributed by atoms with van der Waals surface area (Å²) >= 11 is 0. The smallest absolute Gasteiger partial charge is 0.245 e. The number of hydrogen-bond donors (Lipinski definition) is 1. The van der Waals surface area contributed by atoms with Crippen LogP contribution < -0.4 is 5.48 Å². The minimum atomic E-state index is -0.283. The van der Waals surface area contributed by atoms with E-state index in [0.29, 0.717) is 0 Å². The van der Waals surface area contributed by atoms with Gasteiger partial charge in [-0.1, -0.05) is 12.8 Å². The van der Waals surface area contributed by atoms with Gasteiger partial charge in [0, 0.05) is 25.8 Å². The number of carbonyl (C=O) groups is 3. The van der Waals surface area contributed by atoms with Crippen molar-refractivity contribution in [2.45, 2.75) is 51.0 Å². The van der Waals surface area contributed by atoms with Crippen molar-refractivity contribution in [3.63, 3.8) is 0 Å². The lowest BCUT2D eigenvalue weighted by Crippen LogP contribution is -2.35. The van der Waals surface area contributed by atoms with Crippen molar-refractivity contribution in [1.29, 1.82) is 0 Å². The highest BCUT2D eigenvalue weighted by atomic mass is 16.7. The predicted octanol–water partition coefficient (Wildman–Crippen LogP) is 0.516. The molecule has 0 spiro atoms. The van der Waals surface area contributed by atoms with Crippen LogP contribution in [-0.4, -0.2) is 35.3 Å². The monoisotopic (exact) mass is 254 g/mol. The normalized spacial score (nSPS) is 20.8. The molecule has 0 unspecified atom stereocenters. The first-order valence-electron chi connectivity index (χ1n) is 6.44. The average molecular weight is 254 g/mol. The van der Waals surface area contributed by atoms with Gasteiger partial charge in [0.25, 0.3) is 0 Å². The van der Waals surface area contributed by atoms with Gasteiger partial charge in [0.15, 0.2) is 0 Å². The van der Waals surface area contributed by atoms with Crippen LogP contribution in [0.5, 0.6) is 0 Å². The Labute approximate surface area is 106 Å². The molecule has 1 aliphatic heterocycles. The van der Waals surface area contributed by atoms with Crippen LogP contribution in [0.25, 0.3) is 0 Å². The van der Waals surface area contributed by atoms with E-state index in [1.807, 2.05) is 0 Å². The van der Waals surface area contributed by atoms with Crippen molar-refractivity contribution >= 4 is 17.7 Å². The van der Waals surface area contributed by atoms with Gasteiger partial charge in [0.05, 0.1) is 6.10 Å². The lowest BCUT2D eigenvalue weighted by atomic mass is 10.3. The zero-order chi connectivity index (χ0) is 13.0. The average Bonchev–Trinajstić information content (AvgIpc) is 2.96. The number of rotatable bonds is 5. The Morgan fingerprint density at radius 1 is 1.22 bits per heavy atom. The van der Waals surface area contributed by atoms with E-state index in [1.165, 1.54) is 0 Å². The molecule has 1 heterocycles. The van der Waals surface area contributed by atoms with Crippen LogP contribution in [0.2, 0.25) is 0 Å². The predicted molar refractivity (Wildman–Crippen MR) is 62.1 cm³/mol. The third-order valence-electron chi connectivity index (χ3n) is 3.36. The summed E-state index contributed by atoms with van der Waals surface area (Å²) in [7, 11) is 0. The molecule has 2 aliphatic rings. The molecule has 0 aromatic rings. The van der Waals surface area contributed by atoms with Gasteiger partial charge in [-0.2, -0.15) is 0 Å². The Kier molecular flexibility index (Phi) is 4.30. The Hall–Kier alpha value is -1.43. The molecular weight excluding hydrogens is 236 g/mol. The molecule has 3 amide bonds. The van der Waals surface area contributed by atoms with Crippen LogP contribution in [0.15, 0.2) is 0 Å². The maximum Gasteiger partial charge on any atom is 0.245 e. The quantitative estimate of drug-likeness (QED) is 0.573. The van der Waals surface area contributed by atoms with Crippen LogP contribution in [-0.2, 0) is 19.2 Å². The molecule has 0 atom stereocenters. The standard InChI is InChI=1S/C12H18N2O4/c15-10(13-18-9-3-1-2-4-9)7-8-14-11(16)5-6-12(14)17/h9H,1-8H2,(H,13,15). The fourth-order valence-electron chi connectivity index (χ4n) is 2.29. The summed E-state index contributed by atoms with van der Waals surface area (Å²) in [5.41, 5.74) is 2.39. The van der Waals surface area contributed by atoms with E-state index in [9.17, 15) is 14.4 Å². The molecule has 1 saturated carbocycles. The van der Waals surface area contributed by atoms with Gasteiger partial charge < -0.3 is 0 Å². The first kappa shape index (κ1) is 13.0. The number of nitrogens with zero attached hydrogens (tertiary/aromatic N) is 1. The highest BCUT2D eigenvalue weighted by Crippen LogP contribution is 2.19. The Balaban J connectivity index is 1.65. The van der Waals surface area contributed by atoms with Gasteiger partial charge in [0.1, 0.15) is 0 Å². The van der Waals surface area contributed by atoms with E-state index in [2.05, 4.69) is 5.48 Å². The van der Waals surface area contributed by atoms with E-state index in [1.54, 1.807) is 0 Å². The molecule has 1 saturated heterocycles. The summed E-state index contributed by atoms with van der Waals surface area (Å²) in [5, 5.41) is 0. The number of imide groups is 1. The summed E-state index contributed by atoms with van der Waals surface area (Å²) in [4.78, 5) is 40.5. The Morgan fingerprint density at radius 3 is 2.44 bits per heavy atom. The first-order chi connectivity index (χ1) is 8.66. The Morgan fingerprint density at radius 2 is 1.83 bits per heavy atom. The van der Waals surface area contributed by atoms with Gasteiger partial charge in [-0.05, 0) is 12.8 Å². The van der Waals surface area contributed by atoms with E-state index in [0.717, 1.165) is 30.6 Å². The molecule has 1 aliphatic carbocycles. The van der Waals surface area contributed by atoms with Gasteiger partial charge in [-0.3, -0.25) is 24.1 Å². The number of hydrogen-bond acceptors (Lipinski definition) is 4. The SMILES string of the molecule is O=C(CCN1C(=O)CCC1=O)NOC1CCCC1. The number of likely N-dealkylation sites (tertiary alicyclic amines) is 1. The van der Waals surface area contributed by atoms with Crippen molar-refractivity contribution in [3.8, 4) is 0 Å². The molecule has 1 N–H and O–H groups in total. The largest absolute Gasteiger partial charge is 0.282 e. The van der Waals surface area contributed by atoms with Crippen LogP contribution in [0.4, 0.5) is 0 Å². The van der Waals surface area contributed by atoms with Crippen LogP contribution in [0.1, 0.15) is 44.9 Å². The first-order valence-corrected chi connectivity index (χ1v) is 6.44. The van der Waals surface area contributed by atoms with Crippen LogP contribution >= 0.6 is 0 Å². The van der Waals surface area contributed by atoms with E-state index < -0.39 is 0 Å². The third-order valence-corrected chi connectivity index (χ3v) is 3.36. The molecule has 0 bridgehead atoms. The second kappa shape index (κ2) is 5.95. The second-order valence-electron chi connectivity index (χ2n) is 4.74. The molecule has 2 rings (SSSR count). The maximum atomic E-state index is 11.5. The molecule has 0 aromatic carbocycles. The lowest BCUT2D eigenvalue weighted by molar-refractivity contribution is -0.141. The number of carbonyl (C=O) groups excluding carboxylic acids is 3. The topological polar surface area (TPSA) is 75.7 Å². The molecule has 0 aromatic heterocycles. The van der Waals surface area contributed by atoms with Crippen LogP contribution in [0.3, 0.4) is 0 Å². The molecule has 0 radical (unpaired) electrons. The van der Waals surface area contributed by atoms with Gasteiger partial charge in [-0.15, -0.1) is 0 Å². The van der Waals surface area contributed by atoms with Crippen LogP contribution in [0, 0.1) is 0 Å². The molecule has 6 nitrogen and oxygen atoms in total. The fraction of sp³-hybridized carbons (Fsp3) is 0.750. The summed E-state index contributed by atoms with van der Waals surface area (Å²) in [6.45, 7) is 0.150. The van der Waals surface area contributed by atoms with Gasteiger partial charge in [-0.25, -0.2) is 5.48 Å². The van der Waals surface area contributed by atoms with E-state index >= 15 is 0 Å². The lowest BCUT2D eigenvalue weighted by Gasteiger charge is -2.14. The fourth-order valence-corrected chi connectivity index (χ4v) is 2.29. The number of amides is 3.